The van der Waals surface area contributed by atoms with Gasteiger partial charge in [0.2, 0.25) is 11.8 Å². The van der Waals surface area contributed by atoms with Gasteiger partial charge < -0.3 is 21.5 Å². The first-order valence-corrected chi connectivity index (χ1v) is 4.76. The molecule has 0 heterocycles. The van der Waals surface area contributed by atoms with Crippen molar-refractivity contribution in [1.29, 1.82) is 0 Å². The maximum Gasteiger partial charge on any atom is 0.310 e. The molecule has 7 heteroatoms. The second-order valence-corrected chi connectivity index (χ2v) is 3.95. The van der Waals surface area contributed by atoms with Gasteiger partial charge in [-0.3, -0.25) is 14.4 Å². The number of nitrogens with one attached hydrogen (secondary N) is 2. The molecule has 0 fully saturated rings. The van der Waals surface area contributed by atoms with Gasteiger partial charge in [0.05, 0.1) is 18.5 Å². The zero-order valence-corrected chi connectivity index (χ0v) is 9.37. The second-order valence-electron chi connectivity index (χ2n) is 3.95. The highest BCUT2D eigenvalue weighted by atomic mass is 16.4. The molecule has 0 rings (SSSR count). The first-order chi connectivity index (χ1) is 7.29. The van der Waals surface area contributed by atoms with E-state index in [0.717, 1.165) is 0 Å². The molecule has 2 amide bonds. The predicted octanol–water partition coefficient (Wildman–Crippen LogP) is -1.71. The molecule has 0 aliphatic heterocycles. The van der Waals surface area contributed by atoms with Crippen LogP contribution in [0.4, 0.5) is 0 Å². The van der Waals surface area contributed by atoms with E-state index in [1.807, 2.05) is 0 Å². The highest BCUT2D eigenvalue weighted by molar-refractivity contribution is 5.85. The van der Waals surface area contributed by atoms with Gasteiger partial charge in [-0.15, -0.1) is 0 Å². The van der Waals surface area contributed by atoms with Crippen LogP contribution in [-0.4, -0.2) is 42.5 Å². The number of carbonyl (C=O) groups is 3. The summed E-state index contributed by atoms with van der Waals surface area (Å²) < 4.78 is 0. The van der Waals surface area contributed by atoms with Gasteiger partial charge in [0.15, 0.2) is 0 Å². The van der Waals surface area contributed by atoms with Crippen LogP contribution < -0.4 is 16.4 Å². The Kier molecular flexibility index (Phi) is 5.44. The molecule has 0 bridgehead atoms. The highest BCUT2D eigenvalue weighted by Gasteiger charge is 2.27. The number of carboxylic acid groups (broad SMARTS) is 1. The van der Waals surface area contributed by atoms with Crippen molar-refractivity contribution in [2.45, 2.75) is 13.8 Å². The molecule has 0 aromatic rings. The van der Waals surface area contributed by atoms with Crippen molar-refractivity contribution in [1.82, 2.24) is 10.6 Å². The lowest BCUT2D eigenvalue weighted by Gasteiger charge is -2.19. The van der Waals surface area contributed by atoms with Crippen molar-refractivity contribution < 1.29 is 19.5 Å². The largest absolute Gasteiger partial charge is 0.481 e. The molecule has 0 radical (unpaired) electrons. The Morgan fingerprint density at radius 2 is 1.75 bits per heavy atom. The molecule has 0 saturated heterocycles. The lowest BCUT2D eigenvalue weighted by molar-refractivity contribution is -0.146. The fourth-order valence-corrected chi connectivity index (χ4v) is 0.709. The van der Waals surface area contributed by atoms with Gasteiger partial charge in [0.1, 0.15) is 0 Å². The van der Waals surface area contributed by atoms with Gasteiger partial charge >= 0.3 is 5.97 Å². The molecule has 0 aliphatic rings. The standard InChI is InChI=1S/C9H17N3O4/c1-9(2,8(15)16)5-12-7(14)4-11-6(13)3-10/h3-5,10H2,1-2H3,(H,11,13)(H,12,14)(H,15,16). The summed E-state index contributed by atoms with van der Waals surface area (Å²) >= 11 is 0. The number of carbonyl (C=O) groups excluding carboxylic acids is 2. The Morgan fingerprint density at radius 3 is 2.19 bits per heavy atom. The Hall–Kier alpha value is -1.63. The summed E-state index contributed by atoms with van der Waals surface area (Å²) in [6, 6.07) is 0. The third-order valence-electron chi connectivity index (χ3n) is 1.94. The predicted molar refractivity (Wildman–Crippen MR) is 56.5 cm³/mol. The van der Waals surface area contributed by atoms with Gasteiger partial charge in [-0.2, -0.15) is 0 Å². The van der Waals surface area contributed by atoms with Gasteiger partial charge in [-0.05, 0) is 13.8 Å². The molecule has 16 heavy (non-hydrogen) atoms. The van der Waals surface area contributed by atoms with E-state index in [9.17, 15) is 14.4 Å². The third-order valence-corrected chi connectivity index (χ3v) is 1.94. The van der Waals surface area contributed by atoms with E-state index in [0.29, 0.717) is 0 Å². The fourth-order valence-electron chi connectivity index (χ4n) is 0.709. The summed E-state index contributed by atoms with van der Waals surface area (Å²) in [6.07, 6.45) is 0. The highest BCUT2D eigenvalue weighted by Crippen LogP contribution is 2.12. The Bertz CT molecular complexity index is 288. The average Bonchev–Trinajstić information content (AvgIpc) is 2.22. The van der Waals surface area contributed by atoms with Crippen LogP contribution in [0.1, 0.15) is 13.8 Å². The molecule has 92 valence electrons. The van der Waals surface area contributed by atoms with Gasteiger partial charge in [0, 0.05) is 6.54 Å². The maximum atomic E-state index is 11.2. The number of rotatable bonds is 6. The van der Waals surface area contributed by atoms with Crippen LogP contribution in [0.3, 0.4) is 0 Å². The smallest absolute Gasteiger partial charge is 0.310 e. The Morgan fingerprint density at radius 1 is 1.19 bits per heavy atom. The van der Waals surface area contributed by atoms with E-state index in [-0.39, 0.29) is 19.6 Å². The van der Waals surface area contributed by atoms with Crippen LogP contribution >= 0.6 is 0 Å². The quantitative estimate of drug-likeness (QED) is 0.433. The van der Waals surface area contributed by atoms with Crippen LogP contribution in [0.5, 0.6) is 0 Å². The number of aliphatic carboxylic acids is 1. The topological polar surface area (TPSA) is 122 Å². The average molecular weight is 231 g/mol. The summed E-state index contributed by atoms with van der Waals surface area (Å²) in [7, 11) is 0. The first kappa shape index (κ1) is 14.4. The van der Waals surface area contributed by atoms with Gasteiger partial charge in [-0.1, -0.05) is 0 Å². The molecule has 0 saturated carbocycles. The molecule has 0 atom stereocenters. The van der Waals surface area contributed by atoms with E-state index in [4.69, 9.17) is 10.8 Å². The number of hydrogen-bond donors (Lipinski definition) is 4. The molecular weight excluding hydrogens is 214 g/mol. The minimum Gasteiger partial charge on any atom is -0.481 e. The summed E-state index contributed by atoms with van der Waals surface area (Å²) in [5.74, 6) is -1.89. The van der Waals surface area contributed by atoms with Crippen LogP contribution in [-0.2, 0) is 14.4 Å². The summed E-state index contributed by atoms with van der Waals surface area (Å²) in [6.45, 7) is 2.60. The van der Waals surface area contributed by atoms with E-state index in [1.165, 1.54) is 13.8 Å². The van der Waals surface area contributed by atoms with Crippen molar-refractivity contribution in [3.63, 3.8) is 0 Å². The van der Waals surface area contributed by atoms with E-state index >= 15 is 0 Å². The molecule has 0 aliphatic carbocycles. The Balaban J connectivity index is 3.90. The SMILES string of the molecule is CC(C)(CNC(=O)CNC(=O)CN)C(=O)O. The maximum absolute atomic E-state index is 11.2. The molecule has 0 aromatic carbocycles. The molecule has 0 spiro atoms. The lowest BCUT2D eigenvalue weighted by atomic mass is 9.94. The van der Waals surface area contributed by atoms with E-state index in [1.54, 1.807) is 0 Å². The number of nitrogens with two attached hydrogens (primary N) is 1. The van der Waals surface area contributed by atoms with E-state index < -0.39 is 23.2 Å². The van der Waals surface area contributed by atoms with Crippen LogP contribution in [0.15, 0.2) is 0 Å². The normalized spacial score (nSPS) is 10.7. The first-order valence-electron chi connectivity index (χ1n) is 4.76. The van der Waals surface area contributed by atoms with Crippen LogP contribution in [0.2, 0.25) is 0 Å². The van der Waals surface area contributed by atoms with Crippen LogP contribution in [0.25, 0.3) is 0 Å². The number of amides is 2. The van der Waals surface area contributed by atoms with E-state index in [2.05, 4.69) is 10.6 Å². The molecule has 5 N–H and O–H groups in total. The second kappa shape index (κ2) is 6.06. The minimum atomic E-state index is -1.03. The van der Waals surface area contributed by atoms with Crippen LogP contribution in [0, 0.1) is 5.41 Å². The molecule has 0 aromatic heterocycles. The zero-order valence-electron chi connectivity index (χ0n) is 9.37. The summed E-state index contributed by atoms with van der Waals surface area (Å²) in [5, 5.41) is 13.5. The third kappa shape index (κ3) is 5.30. The number of carboxylic acids is 1. The Labute approximate surface area is 93.4 Å². The molecule has 7 nitrogen and oxygen atoms in total. The lowest BCUT2D eigenvalue weighted by Crippen LogP contribution is -2.44. The van der Waals surface area contributed by atoms with Gasteiger partial charge in [0.25, 0.3) is 0 Å². The molecule has 0 unspecified atom stereocenters. The summed E-state index contributed by atoms with van der Waals surface area (Å²) in [5.41, 5.74) is 3.99. The minimum absolute atomic E-state index is 0.000335. The van der Waals surface area contributed by atoms with Crippen molar-refractivity contribution in [2.24, 2.45) is 11.1 Å². The number of hydrogen-bond acceptors (Lipinski definition) is 4. The zero-order chi connectivity index (χ0) is 12.8. The van der Waals surface area contributed by atoms with Gasteiger partial charge in [-0.25, -0.2) is 0 Å². The van der Waals surface area contributed by atoms with Crippen molar-refractivity contribution in [2.75, 3.05) is 19.6 Å². The van der Waals surface area contributed by atoms with Crippen molar-refractivity contribution in [3.8, 4) is 0 Å². The van der Waals surface area contributed by atoms with Crippen molar-refractivity contribution in [3.05, 3.63) is 0 Å². The monoisotopic (exact) mass is 231 g/mol. The molecular formula is C9H17N3O4. The summed E-state index contributed by atoms with van der Waals surface area (Å²) in [4.78, 5) is 32.6. The fraction of sp³-hybridized carbons (Fsp3) is 0.667. The van der Waals surface area contributed by atoms with Crippen molar-refractivity contribution >= 4 is 17.8 Å².